The fourth-order valence-electron chi connectivity index (χ4n) is 2.69. The quantitative estimate of drug-likeness (QED) is 0.513. The Hall–Kier alpha value is -1.82. The maximum absolute atomic E-state index is 2.29. The zero-order valence-corrected chi connectivity index (χ0v) is 10.5. The molecule has 0 aromatic heterocycles. The Morgan fingerprint density at radius 2 is 1.18 bits per heavy atom. The highest BCUT2D eigenvalue weighted by atomic mass is 14.3. The predicted octanol–water partition coefficient (Wildman–Crippen LogP) is 4.74. The molecule has 0 fully saturated rings. The molecule has 17 heavy (non-hydrogen) atoms. The zero-order chi connectivity index (χ0) is 12.0. The first kappa shape index (κ1) is 10.3. The summed E-state index contributed by atoms with van der Waals surface area (Å²) in [4.78, 5) is 0. The predicted molar refractivity (Wildman–Crippen MR) is 74.1 cm³/mol. The Labute approximate surface area is 103 Å². The Balaban J connectivity index is 2.37. The first-order valence-electron chi connectivity index (χ1n) is 6.09. The number of fused-ring (bicyclic) bond motifs is 3. The molecule has 0 radical (unpaired) electrons. The molecule has 0 unspecified atom stereocenters. The molecular formula is C17H16. The van der Waals surface area contributed by atoms with Crippen LogP contribution in [0.4, 0.5) is 0 Å². The Bertz CT molecular complexity index is 577. The number of aryl methyl sites for hydroxylation is 2. The molecule has 3 rings (SSSR count). The van der Waals surface area contributed by atoms with Crippen LogP contribution >= 0.6 is 0 Å². The Kier molecular flexibility index (Phi) is 2.19. The average Bonchev–Trinajstić information content (AvgIpc) is 2.60. The van der Waals surface area contributed by atoms with Crippen molar-refractivity contribution in [1.29, 1.82) is 0 Å². The summed E-state index contributed by atoms with van der Waals surface area (Å²) in [6.07, 6.45) is 2.23. The minimum absolute atomic E-state index is 1.33. The Morgan fingerprint density at radius 3 is 1.59 bits per heavy atom. The van der Waals surface area contributed by atoms with Crippen LogP contribution in [-0.2, 0) is 0 Å². The van der Waals surface area contributed by atoms with Gasteiger partial charge in [0.25, 0.3) is 0 Å². The van der Waals surface area contributed by atoms with Crippen molar-refractivity contribution in [3.8, 4) is 11.1 Å². The van der Waals surface area contributed by atoms with Crippen molar-refractivity contribution < 1.29 is 0 Å². The van der Waals surface area contributed by atoms with Gasteiger partial charge in [-0.1, -0.05) is 53.6 Å². The van der Waals surface area contributed by atoms with E-state index in [1.807, 2.05) is 0 Å². The first-order valence-corrected chi connectivity index (χ1v) is 6.09. The van der Waals surface area contributed by atoms with E-state index in [1.165, 1.54) is 39.0 Å². The second-order valence-electron chi connectivity index (χ2n) is 4.80. The molecule has 1 aliphatic carbocycles. The van der Waals surface area contributed by atoms with Gasteiger partial charge in [0.05, 0.1) is 0 Å². The lowest BCUT2D eigenvalue weighted by atomic mass is 10.0. The lowest BCUT2D eigenvalue weighted by Crippen LogP contribution is -1.82. The van der Waals surface area contributed by atoms with Crippen molar-refractivity contribution in [2.75, 3.05) is 0 Å². The van der Waals surface area contributed by atoms with Crippen LogP contribution in [0.15, 0.2) is 42.5 Å². The van der Waals surface area contributed by atoms with Crippen LogP contribution in [0.1, 0.15) is 29.2 Å². The van der Waals surface area contributed by atoms with Gasteiger partial charge in [-0.3, -0.25) is 0 Å². The molecule has 0 amide bonds. The van der Waals surface area contributed by atoms with Crippen molar-refractivity contribution >= 4 is 5.57 Å². The molecule has 0 bridgehead atoms. The van der Waals surface area contributed by atoms with Gasteiger partial charge >= 0.3 is 0 Å². The van der Waals surface area contributed by atoms with E-state index < -0.39 is 0 Å². The molecule has 2 aromatic carbocycles. The van der Waals surface area contributed by atoms with Gasteiger partial charge in [0.15, 0.2) is 0 Å². The third-order valence-corrected chi connectivity index (χ3v) is 3.51. The zero-order valence-electron chi connectivity index (χ0n) is 10.5. The summed E-state index contributed by atoms with van der Waals surface area (Å²) in [7, 11) is 0. The van der Waals surface area contributed by atoms with Crippen LogP contribution in [-0.4, -0.2) is 0 Å². The number of benzene rings is 2. The molecule has 0 atom stereocenters. The maximum atomic E-state index is 2.29. The summed E-state index contributed by atoms with van der Waals surface area (Å²) < 4.78 is 0. The van der Waals surface area contributed by atoms with Crippen LogP contribution in [0.25, 0.3) is 16.7 Å². The summed E-state index contributed by atoms with van der Waals surface area (Å²) in [5, 5.41) is 0. The van der Waals surface area contributed by atoms with Gasteiger partial charge in [0.2, 0.25) is 0 Å². The fraction of sp³-hybridized carbons (Fsp3) is 0.176. The van der Waals surface area contributed by atoms with Gasteiger partial charge < -0.3 is 0 Å². The minimum atomic E-state index is 1.33. The monoisotopic (exact) mass is 220 g/mol. The highest BCUT2D eigenvalue weighted by Crippen LogP contribution is 2.44. The molecule has 0 heterocycles. The summed E-state index contributed by atoms with van der Waals surface area (Å²) in [6, 6.07) is 13.5. The van der Waals surface area contributed by atoms with Crippen molar-refractivity contribution in [3.63, 3.8) is 0 Å². The molecule has 0 saturated carbocycles. The summed E-state index contributed by atoms with van der Waals surface area (Å²) >= 11 is 0. The van der Waals surface area contributed by atoms with Crippen molar-refractivity contribution in [2.45, 2.75) is 20.8 Å². The van der Waals surface area contributed by atoms with Crippen LogP contribution < -0.4 is 0 Å². The SMILES string of the molecule is CC=C1c2cc(C)ccc2-c2ccc(C)cc21. The number of hydrogen-bond acceptors (Lipinski definition) is 0. The summed E-state index contributed by atoms with van der Waals surface area (Å²) in [5.74, 6) is 0. The summed E-state index contributed by atoms with van der Waals surface area (Å²) in [5.41, 5.74) is 9.54. The average molecular weight is 220 g/mol. The third kappa shape index (κ3) is 1.44. The Morgan fingerprint density at radius 1 is 0.706 bits per heavy atom. The molecule has 0 aliphatic heterocycles. The van der Waals surface area contributed by atoms with Gasteiger partial charge in [0, 0.05) is 0 Å². The molecular weight excluding hydrogens is 204 g/mol. The lowest BCUT2D eigenvalue weighted by Gasteiger charge is -2.02. The van der Waals surface area contributed by atoms with E-state index in [9.17, 15) is 0 Å². The smallest absolute Gasteiger partial charge is 0.00989 e. The van der Waals surface area contributed by atoms with Crippen LogP contribution in [0, 0.1) is 13.8 Å². The number of allylic oxidation sites excluding steroid dienone is 1. The molecule has 0 nitrogen and oxygen atoms in total. The van der Waals surface area contributed by atoms with E-state index in [0.717, 1.165) is 0 Å². The second kappa shape index (κ2) is 3.59. The topological polar surface area (TPSA) is 0 Å². The molecule has 1 aliphatic rings. The fourth-order valence-corrected chi connectivity index (χ4v) is 2.69. The van der Waals surface area contributed by atoms with Gasteiger partial charge in [-0.05, 0) is 48.6 Å². The van der Waals surface area contributed by atoms with Gasteiger partial charge in [0.1, 0.15) is 0 Å². The highest BCUT2D eigenvalue weighted by Gasteiger charge is 2.22. The maximum Gasteiger partial charge on any atom is -0.00989 e. The lowest BCUT2D eigenvalue weighted by molar-refractivity contribution is 1.46. The van der Waals surface area contributed by atoms with E-state index in [0.29, 0.717) is 0 Å². The standard InChI is InChI=1S/C17H16/c1-4-13-16-9-11(2)5-7-14(16)15-8-6-12(3)10-17(13)15/h4-10H,1-3H3. The molecule has 0 heteroatoms. The van der Waals surface area contributed by atoms with Crippen molar-refractivity contribution in [1.82, 2.24) is 0 Å². The van der Waals surface area contributed by atoms with Gasteiger partial charge in [-0.15, -0.1) is 0 Å². The van der Waals surface area contributed by atoms with Crippen molar-refractivity contribution in [2.24, 2.45) is 0 Å². The molecule has 2 aromatic rings. The van der Waals surface area contributed by atoms with E-state index in [4.69, 9.17) is 0 Å². The van der Waals surface area contributed by atoms with E-state index in [-0.39, 0.29) is 0 Å². The largest absolute Gasteiger partial charge is 0.0791 e. The van der Waals surface area contributed by atoms with E-state index in [2.05, 4.69) is 63.2 Å². The molecule has 0 saturated heterocycles. The first-order chi connectivity index (χ1) is 8.20. The second-order valence-corrected chi connectivity index (χ2v) is 4.80. The van der Waals surface area contributed by atoms with Crippen molar-refractivity contribution in [3.05, 3.63) is 64.7 Å². The van der Waals surface area contributed by atoms with E-state index in [1.54, 1.807) is 0 Å². The molecule has 0 N–H and O–H groups in total. The summed E-state index contributed by atoms with van der Waals surface area (Å²) in [6.45, 7) is 6.43. The molecule has 0 spiro atoms. The third-order valence-electron chi connectivity index (χ3n) is 3.51. The highest BCUT2D eigenvalue weighted by molar-refractivity contribution is 6.01. The number of hydrogen-bond donors (Lipinski definition) is 0. The van der Waals surface area contributed by atoms with E-state index >= 15 is 0 Å². The van der Waals surface area contributed by atoms with Crippen LogP contribution in [0.5, 0.6) is 0 Å². The van der Waals surface area contributed by atoms with Gasteiger partial charge in [-0.25, -0.2) is 0 Å². The normalized spacial score (nSPS) is 12.3. The van der Waals surface area contributed by atoms with Crippen LogP contribution in [0.2, 0.25) is 0 Å². The minimum Gasteiger partial charge on any atom is -0.0791 e. The molecule has 84 valence electrons. The van der Waals surface area contributed by atoms with Gasteiger partial charge in [-0.2, -0.15) is 0 Å². The number of rotatable bonds is 0. The van der Waals surface area contributed by atoms with Crippen LogP contribution in [0.3, 0.4) is 0 Å².